The van der Waals surface area contributed by atoms with Crippen LogP contribution in [-0.4, -0.2) is 38.1 Å². The summed E-state index contributed by atoms with van der Waals surface area (Å²) in [6.45, 7) is 3.54. The predicted molar refractivity (Wildman–Crippen MR) is 108 cm³/mol. The summed E-state index contributed by atoms with van der Waals surface area (Å²) in [5, 5.41) is 2.91. The highest BCUT2D eigenvalue weighted by atomic mass is 16.5. The second kappa shape index (κ2) is 9.76. The molecular weight excluding hydrogens is 340 g/mol. The number of amides is 1. The van der Waals surface area contributed by atoms with E-state index in [4.69, 9.17) is 4.74 Å². The number of nitrogens with one attached hydrogen (secondary N) is 1. The number of carbonyl (C=O) groups excluding carboxylic acids is 2. The van der Waals surface area contributed by atoms with Crippen molar-refractivity contribution in [2.24, 2.45) is 0 Å². The van der Waals surface area contributed by atoms with Gasteiger partial charge < -0.3 is 15.0 Å². The zero-order valence-electron chi connectivity index (χ0n) is 16.4. The third-order valence-electron chi connectivity index (χ3n) is 4.35. The molecule has 2 rings (SSSR count). The minimum absolute atomic E-state index is 0.00377. The Kier molecular flexibility index (Phi) is 7.41. The van der Waals surface area contributed by atoms with E-state index in [9.17, 15) is 9.59 Å². The van der Waals surface area contributed by atoms with E-state index < -0.39 is 12.1 Å². The van der Waals surface area contributed by atoms with Crippen molar-refractivity contribution >= 4 is 17.6 Å². The van der Waals surface area contributed by atoms with Gasteiger partial charge in [0.05, 0.1) is 5.56 Å². The molecule has 0 bridgehead atoms. The minimum atomic E-state index is -0.848. The molecule has 1 N–H and O–H groups in total. The first kappa shape index (κ1) is 20.5. The fourth-order valence-corrected chi connectivity index (χ4v) is 2.65. The van der Waals surface area contributed by atoms with Crippen LogP contribution in [0, 0.1) is 0 Å². The molecule has 0 aliphatic heterocycles. The number of carbonyl (C=O) groups is 2. The maximum absolute atomic E-state index is 12.3. The molecule has 2 aromatic carbocycles. The summed E-state index contributed by atoms with van der Waals surface area (Å²) in [6.07, 6.45) is 0.856. The Morgan fingerprint density at radius 2 is 1.74 bits per heavy atom. The normalized spacial score (nSPS) is 12.7. The molecular formula is C22H28N2O3. The highest BCUT2D eigenvalue weighted by molar-refractivity contribution is 5.93. The van der Waals surface area contributed by atoms with Crippen LogP contribution in [0.1, 0.15) is 36.2 Å². The van der Waals surface area contributed by atoms with Gasteiger partial charge in [0.15, 0.2) is 6.10 Å². The second-order valence-corrected chi connectivity index (χ2v) is 6.93. The van der Waals surface area contributed by atoms with Gasteiger partial charge in [0, 0.05) is 25.8 Å². The van der Waals surface area contributed by atoms with E-state index in [2.05, 4.69) is 17.4 Å². The predicted octanol–water partition coefficient (Wildman–Crippen LogP) is 3.44. The van der Waals surface area contributed by atoms with Crippen LogP contribution in [0.3, 0.4) is 0 Å². The Hall–Kier alpha value is -2.82. The summed E-state index contributed by atoms with van der Waals surface area (Å²) < 4.78 is 5.33. The molecule has 5 heteroatoms. The number of hydrogen-bond donors (Lipinski definition) is 1. The van der Waals surface area contributed by atoms with Crippen LogP contribution >= 0.6 is 0 Å². The molecule has 144 valence electrons. The summed E-state index contributed by atoms with van der Waals surface area (Å²) in [4.78, 5) is 26.5. The highest BCUT2D eigenvalue weighted by Crippen LogP contribution is 2.15. The Morgan fingerprint density at radius 1 is 1.04 bits per heavy atom. The lowest BCUT2D eigenvalue weighted by Gasteiger charge is -2.18. The van der Waals surface area contributed by atoms with Gasteiger partial charge in [-0.25, -0.2) is 4.79 Å². The lowest BCUT2D eigenvalue weighted by atomic mass is 10.1. The molecule has 0 aliphatic carbocycles. The monoisotopic (exact) mass is 368 g/mol. The number of rotatable bonds is 8. The molecule has 2 aromatic rings. The van der Waals surface area contributed by atoms with Crippen LogP contribution in [0.15, 0.2) is 54.6 Å². The number of esters is 1. The quantitative estimate of drug-likeness (QED) is 0.725. The topological polar surface area (TPSA) is 58.6 Å². The van der Waals surface area contributed by atoms with Crippen LogP contribution in [-0.2, 0) is 16.0 Å². The van der Waals surface area contributed by atoms with E-state index in [1.807, 2.05) is 50.2 Å². The minimum Gasteiger partial charge on any atom is -0.449 e. The highest BCUT2D eigenvalue weighted by Gasteiger charge is 2.20. The van der Waals surface area contributed by atoms with Crippen molar-refractivity contribution < 1.29 is 14.3 Å². The maximum atomic E-state index is 12.3. The zero-order chi connectivity index (χ0) is 19.8. The zero-order valence-corrected chi connectivity index (χ0v) is 16.4. The van der Waals surface area contributed by atoms with Gasteiger partial charge in [0.1, 0.15) is 0 Å². The average Bonchev–Trinajstić information content (AvgIpc) is 2.67. The second-order valence-electron chi connectivity index (χ2n) is 6.93. The summed E-state index contributed by atoms with van der Waals surface area (Å²) in [5.74, 6) is -0.786. The van der Waals surface area contributed by atoms with E-state index in [1.54, 1.807) is 25.1 Å². The third kappa shape index (κ3) is 6.44. The van der Waals surface area contributed by atoms with Crippen molar-refractivity contribution in [2.75, 3.05) is 19.0 Å². The van der Waals surface area contributed by atoms with E-state index in [0.717, 1.165) is 18.5 Å². The molecule has 5 nitrogen and oxygen atoms in total. The van der Waals surface area contributed by atoms with E-state index in [1.165, 1.54) is 5.56 Å². The first-order valence-electron chi connectivity index (χ1n) is 9.19. The van der Waals surface area contributed by atoms with Gasteiger partial charge in [-0.15, -0.1) is 0 Å². The number of nitrogens with zero attached hydrogens (tertiary/aromatic N) is 1. The molecule has 0 heterocycles. The van der Waals surface area contributed by atoms with Gasteiger partial charge in [-0.2, -0.15) is 0 Å². The first-order valence-corrected chi connectivity index (χ1v) is 9.19. The molecule has 0 aromatic heterocycles. The van der Waals surface area contributed by atoms with Gasteiger partial charge in [-0.1, -0.05) is 36.4 Å². The van der Waals surface area contributed by atoms with Gasteiger partial charge in [-0.05, 0) is 50.5 Å². The number of aryl methyl sites for hydroxylation is 1. The molecule has 0 aliphatic rings. The summed E-state index contributed by atoms with van der Waals surface area (Å²) >= 11 is 0. The van der Waals surface area contributed by atoms with Gasteiger partial charge >= 0.3 is 5.97 Å². The number of hydrogen-bond acceptors (Lipinski definition) is 4. The van der Waals surface area contributed by atoms with Crippen molar-refractivity contribution in [1.82, 2.24) is 5.32 Å². The van der Waals surface area contributed by atoms with Gasteiger partial charge in [0.25, 0.3) is 5.91 Å². The lowest BCUT2D eigenvalue weighted by Crippen LogP contribution is -2.41. The summed E-state index contributed by atoms with van der Waals surface area (Å²) in [7, 11) is 3.80. The van der Waals surface area contributed by atoms with Crippen LogP contribution in [0.2, 0.25) is 0 Å². The van der Waals surface area contributed by atoms with Gasteiger partial charge in [-0.3, -0.25) is 4.79 Å². The van der Waals surface area contributed by atoms with Gasteiger partial charge in [0.2, 0.25) is 0 Å². The third-order valence-corrected chi connectivity index (χ3v) is 4.35. The SMILES string of the molecule is C[C@H](OC(=O)c1cccc(N(C)C)c1)C(=O)N[C@@H](C)CCc1ccccc1. The molecule has 0 fully saturated rings. The van der Waals surface area contributed by atoms with E-state index in [-0.39, 0.29) is 11.9 Å². The van der Waals surface area contributed by atoms with Crippen molar-refractivity contribution in [3.63, 3.8) is 0 Å². The van der Waals surface area contributed by atoms with Crippen LogP contribution in [0.5, 0.6) is 0 Å². The standard InChI is InChI=1S/C22H28N2O3/c1-16(13-14-18-9-6-5-7-10-18)23-21(25)17(2)27-22(26)19-11-8-12-20(15-19)24(3)4/h5-12,15-17H,13-14H2,1-4H3,(H,23,25)/t16-,17-/m0/s1. The molecule has 0 spiro atoms. The van der Waals surface area contributed by atoms with E-state index in [0.29, 0.717) is 5.56 Å². The Balaban J connectivity index is 1.83. The Labute approximate surface area is 161 Å². The first-order chi connectivity index (χ1) is 12.9. The van der Waals surface area contributed by atoms with Crippen LogP contribution in [0.25, 0.3) is 0 Å². The Bertz CT molecular complexity index is 759. The molecule has 0 saturated carbocycles. The number of ether oxygens (including phenoxy) is 1. The van der Waals surface area contributed by atoms with Crippen molar-refractivity contribution in [3.05, 3.63) is 65.7 Å². The Morgan fingerprint density at radius 3 is 2.41 bits per heavy atom. The number of benzene rings is 2. The fourth-order valence-electron chi connectivity index (χ4n) is 2.65. The molecule has 0 saturated heterocycles. The lowest BCUT2D eigenvalue weighted by molar-refractivity contribution is -0.129. The average molecular weight is 368 g/mol. The molecule has 1 amide bonds. The summed E-state index contributed by atoms with van der Waals surface area (Å²) in [6, 6.07) is 17.3. The molecule has 0 radical (unpaired) electrons. The maximum Gasteiger partial charge on any atom is 0.338 e. The molecule has 0 unspecified atom stereocenters. The fraction of sp³-hybridized carbons (Fsp3) is 0.364. The summed E-state index contributed by atoms with van der Waals surface area (Å²) in [5.41, 5.74) is 2.56. The largest absolute Gasteiger partial charge is 0.449 e. The van der Waals surface area contributed by atoms with Crippen LogP contribution in [0.4, 0.5) is 5.69 Å². The van der Waals surface area contributed by atoms with Crippen LogP contribution < -0.4 is 10.2 Å². The van der Waals surface area contributed by atoms with Crippen molar-refractivity contribution in [1.29, 1.82) is 0 Å². The van der Waals surface area contributed by atoms with Crippen molar-refractivity contribution in [2.45, 2.75) is 38.8 Å². The smallest absolute Gasteiger partial charge is 0.338 e. The van der Waals surface area contributed by atoms with Crippen molar-refractivity contribution in [3.8, 4) is 0 Å². The number of anilines is 1. The van der Waals surface area contributed by atoms with E-state index >= 15 is 0 Å². The molecule has 27 heavy (non-hydrogen) atoms. The molecule has 2 atom stereocenters.